The molecular formula is C8H9N7O2. The van der Waals surface area contributed by atoms with Crippen LogP contribution < -0.4 is 16.6 Å². The van der Waals surface area contributed by atoms with Crippen molar-refractivity contribution in [3.63, 3.8) is 0 Å². The lowest BCUT2D eigenvalue weighted by Gasteiger charge is -2.00. The fraction of sp³-hybridized carbons (Fsp3) is 0.125. The van der Waals surface area contributed by atoms with Gasteiger partial charge in [0.05, 0.1) is 12.4 Å². The molecule has 88 valence electrons. The van der Waals surface area contributed by atoms with Gasteiger partial charge in [-0.3, -0.25) is 10.1 Å². The molecule has 0 unspecified atom stereocenters. The number of aryl methyl sites for hydroxylation is 1. The third kappa shape index (κ3) is 2.52. The number of hydrazine groups is 1. The second kappa shape index (κ2) is 4.53. The van der Waals surface area contributed by atoms with E-state index in [9.17, 15) is 4.79 Å². The fourth-order valence-corrected chi connectivity index (χ4v) is 1.03. The van der Waals surface area contributed by atoms with Crippen LogP contribution >= 0.6 is 0 Å². The first-order valence-electron chi connectivity index (χ1n) is 4.59. The van der Waals surface area contributed by atoms with Gasteiger partial charge in [0, 0.05) is 0 Å². The monoisotopic (exact) mass is 235 g/mol. The quantitative estimate of drug-likeness (QED) is 0.488. The molecule has 4 N–H and O–H groups in total. The number of hydrogen-bond donors (Lipinski definition) is 3. The Kier molecular flexibility index (Phi) is 2.92. The number of anilines is 2. The van der Waals surface area contributed by atoms with E-state index in [1.54, 1.807) is 6.92 Å². The zero-order valence-corrected chi connectivity index (χ0v) is 8.84. The van der Waals surface area contributed by atoms with E-state index in [0.717, 1.165) is 0 Å². The van der Waals surface area contributed by atoms with Crippen LogP contribution in [0.5, 0.6) is 0 Å². The van der Waals surface area contributed by atoms with Gasteiger partial charge >= 0.3 is 6.01 Å². The van der Waals surface area contributed by atoms with Gasteiger partial charge in [-0.1, -0.05) is 5.16 Å². The molecule has 1 amide bonds. The van der Waals surface area contributed by atoms with Crippen LogP contribution in [-0.2, 0) is 0 Å². The number of aromatic nitrogens is 4. The van der Waals surface area contributed by atoms with Crippen molar-refractivity contribution in [3.8, 4) is 0 Å². The Morgan fingerprint density at radius 1 is 1.41 bits per heavy atom. The Hall–Kier alpha value is -2.55. The van der Waals surface area contributed by atoms with E-state index in [4.69, 9.17) is 10.4 Å². The van der Waals surface area contributed by atoms with Crippen LogP contribution in [0.15, 0.2) is 16.9 Å². The van der Waals surface area contributed by atoms with E-state index in [0.29, 0.717) is 11.6 Å². The summed E-state index contributed by atoms with van der Waals surface area (Å²) in [6.45, 7) is 1.64. The summed E-state index contributed by atoms with van der Waals surface area (Å²) in [5.41, 5.74) is 2.41. The van der Waals surface area contributed by atoms with Crippen molar-refractivity contribution in [1.82, 2.24) is 20.1 Å². The minimum absolute atomic E-state index is 0.00956. The van der Waals surface area contributed by atoms with Gasteiger partial charge in [0.15, 0.2) is 11.6 Å². The molecule has 0 saturated heterocycles. The summed E-state index contributed by atoms with van der Waals surface area (Å²) in [6, 6.07) is 0.00956. The second-order valence-electron chi connectivity index (χ2n) is 3.03. The minimum atomic E-state index is -0.496. The standard InChI is InChI=1S/C8H9N7O2/c1-4-12-8(17-15-4)13-7(16)5-2-11-6(14-9)3-10-5/h2-3H,9H2,1H3,(H,11,14)(H,12,13,15,16). The molecule has 2 rings (SSSR count). The molecule has 0 fully saturated rings. The maximum atomic E-state index is 11.6. The number of carbonyl (C=O) groups is 1. The Morgan fingerprint density at radius 2 is 2.24 bits per heavy atom. The average molecular weight is 235 g/mol. The molecule has 9 heteroatoms. The predicted octanol–water partition coefficient (Wildman–Crippen LogP) is -0.294. The number of nitrogens with one attached hydrogen (secondary N) is 2. The van der Waals surface area contributed by atoms with E-state index >= 15 is 0 Å². The molecule has 0 aromatic carbocycles. The molecule has 0 aliphatic heterocycles. The van der Waals surface area contributed by atoms with E-state index in [-0.39, 0.29) is 11.7 Å². The molecule has 0 atom stereocenters. The lowest BCUT2D eigenvalue weighted by Crippen LogP contribution is -2.15. The highest BCUT2D eigenvalue weighted by Crippen LogP contribution is 2.05. The first kappa shape index (κ1) is 11.0. The number of amides is 1. The Labute approximate surface area is 95.4 Å². The van der Waals surface area contributed by atoms with Crippen molar-refractivity contribution in [2.45, 2.75) is 6.92 Å². The molecule has 9 nitrogen and oxygen atoms in total. The summed E-state index contributed by atoms with van der Waals surface area (Å²) in [5.74, 6) is 5.40. The normalized spacial score (nSPS) is 10.0. The SMILES string of the molecule is Cc1noc(NC(=O)c2cnc(NN)cn2)n1. The van der Waals surface area contributed by atoms with E-state index in [1.165, 1.54) is 12.4 Å². The van der Waals surface area contributed by atoms with Crippen LogP contribution in [0, 0.1) is 6.92 Å². The van der Waals surface area contributed by atoms with Gasteiger partial charge < -0.3 is 9.95 Å². The Morgan fingerprint density at radius 3 is 2.76 bits per heavy atom. The van der Waals surface area contributed by atoms with Crippen molar-refractivity contribution in [1.29, 1.82) is 0 Å². The maximum Gasteiger partial charge on any atom is 0.328 e. The highest BCUT2D eigenvalue weighted by molar-refractivity contribution is 6.01. The van der Waals surface area contributed by atoms with Crippen LogP contribution in [0.2, 0.25) is 0 Å². The fourth-order valence-electron chi connectivity index (χ4n) is 1.03. The highest BCUT2D eigenvalue weighted by atomic mass is 16.5. The number of carbonyl (C=O) groups excluding carboxylic acids is 1. The molecule has 0 spiro atoms. The highest BCUT2D eigenvalue weighted by Gasteiger charge is 2.11. The Bertz CT molecular complexity index is 521. The van der Waals surface area contributed by atoms with Crippen LogP contribution in [0.1, 0.15) is 16.3 Å². The van der Waals surface area contributed by atoms with Gasteiger partial charge in [-0.15, -0.1) is 0 Å². The van der Waals surface area contributed by atoms with Crippen LogP contribution in [0.4, 0.5) is 11.8 Å². The Balaban J connectivity index is 2.09. The number of nitrogens with zero attached hydrogens (tertiary/aromatic N) is 4. The third-order valence-electron chi connectivity index (χ3n) is 1.78. The molecular weight excluding hydrogens is 226 g/mol. The maximum absolute atomic E-state index is 11.6. The minimum Gasteiger partial charge on any atom is -0.315 e. The summed E-state index contributed by atoms with van der Waals surface area (Å²) in [6.07, 6.45) is 2.60. The van der Waals surface area contributed by atoms with E-state index < -0.39 is 5.91 Å². The molecule has 0 aliphatic rings. The molecule has 2 aromatic rings. The van der Waals surface area contributed by atoms with Crippen LogP contribution in [0.25, 0.3) is 0 Å². The number of nitrogens with two attached hydrogens (primary N) is 1. The molecule has 0 bridgehead atoms. The molecule has 2 heterocycles. The first-order valence-corrected chi connectivity index (χ1v) is 4.59. The van der Waals surface area contributed by atoms with Crippen molar-refractivity contribution in [3.05, 3.63) is 23.9 Å². The van der Waals surface area contributed by atoms with Gasteiger partial charge in [0.1, 0.15) is 5.69 Å². The number of rotatable bonds is 3. The van der Waals surface area contributed by atoms with Crippen molar-refractivity contribution < 1.29 is 9.32 Å². The van der Waals surface area contributed by atoms with Gasteiger partial charge in [-0.05, 0) is 6.92 Å². The number of nitrogen functional groups attached to an aromatic ring is 1. The zero-order valence-electron chi connectivity index (χ0n) is 8.84. The molecule has 0 radical (unpaired) electrons. The molecule has 0 aliphatic carbocycles. The lowest BCUT2D eigenvalue weighted by atomic mass is 10.4. The van der Waals surface area contributed by atoms with Gasteiger partial charge in [-0.2, -0.15) is 4.98 Å². The summed E-state index contributed by atoms with van der Waals surface area (Å²) in [4.78, 5) is 23.1. The molecule has 17 heavy (non-hydrogen) atoms. The van der Waals surface area contributed by atoms with Crippen molar-refractivity contribution >= 4 is 17.7 Å². The van der Waals surface area contributed by atoms with E-state index in [2.05, 4.69) is 30.9 Å². The summed E-state index contributed by atoms with van der Waals surface area (Å²) in [5, 5.41) is 5.91. The van der Waals surface area contributed by atoms with Gasteiger partial charge in [-0.25, -0.2) is 15.8 Å². The topological polar surface area (TPSA) is 132 Å². The number of hydrogen-bond acceptors (Lipinski definition) is 8. The van der Waals surface area contributed by atoms with Crippen molar-refractivity contribution in [2.24, 2.45) is 5.84 Å². The predicted molar refractivity (Wildman–Crippen MR) is 56.8 cm³/mol. The van der Waals surface area contributed by atoms with Crippen LogP contribution in [-0.4, -0.2) is 26.0 Å². The van der Waals surface area contributed by atoms with Crippen molar-refractivity contribution in [2.75, 3.05) is 10.7 Å². The second-order valence-corrected chi connectivity index (χ2v) is 3.03. The van der Waals surface area contributed by atoms with E-state index in [1.807, 2.05) is 0 Å². The lowest BCUT2D eigenvalue weighted by molar-refractivity contribution is 0.101. The molecule has 0 saturated carbocycles. The summed E-state index contributed by atoms with van der Waals surface area (Å²) in [7, 11) is 0. The van der Waals surface area contributed by atoms with Crippen LogP contribution in [0.3, 0.4) is 0 Å². The average Bonchev–Trinajstić information content (AvgIpc) is 2.75. The molecule has 2 aromatic heterocycles. The third-order valence-corrected chi connectivity index (χ3v) is 1.78. The summed E-state index contributed by atoms with van der Waals surface area (Å²) >= 11 is 0. The smallest absolute Gasteiger partial charge is 0.315 e. The van der Waals surface area contributed by atoms with Gasteiger partial charge in [0.2, 0.25) is 0 Å². The first-order chi connectivity index (χ1) is 8.19. The summed E-state index contributed by atoms with van der Waals surface area (Å²) < 4.78 is 4.73. The van der Waals surface area contributed by atoms with Gasteiger partial charge in [0.25, 0.3) is 5.91 Å². The largest absolute Gasteiger partial charge is 0.328 e. The zero-order chi connectivity index (χ0) is 12.3.